The minimum absolute atomic E-state index is 0.642. The lowest BCUT2D eigenvalue weighted by Gasteiger charge is -2.13. The summed E-state index contributed by atoms with van der Waals surface area (Å²) in [6.07, 6.45) is 6.32. The molecule has 0 amide bonds. The summed E-state index contributed by atoms with van der Waals surface area (Å²) >= 11 is 0. The maximum Gasteiger partial charge on any atom is 0.127 e. The van der Waals surface area contributed by atoms with Gasteiger partial charge in [-0.05, 0) is 47.0 Å². The van der Waals surface area contributed by atoms with Gasteiger partial charge in [-0.15, -0.1) is 0 Å². The normalized spacial score (nSPS) is 10.9. The number of pyridine rings is 1. The standard InChI is InChI=1S/C21H20N2O/c1-22-16-18-7-8-21(20(15-18)19-9-12-23-13-10-19)24-14-11-17-5-3-2-4-6-17/h2-10,12-13,15-16H,11,14H2,1H3. The first-order chi connectivity index (χ1) is 11.9. The molecule has 0 saturated carbocycles. The van der Waals surface area contributed by atoms with E-state index in [1.807, 2.05) is 36.5 Å². The topological polar surface area (TPSA) is 34.5 Å². The minimum atomic E-state index is 0.642. The van der Waals surface area contributed by atoms with E-state index in [9.17, 15) is 0 Å². The van der Waals surface area contributed by atoms with Crippen molar-refractivity contribution in [2.75, 3.05) is 13.7 Å². The third-order valence-corrected chi connectivity index (χ3v) is 3.76. The molecule has 2 aromatic carbocycles. The van der Waals surface area contributed by atoms with Crippen molar-refractivity contribution in [2.45, 2.75) is 6.42 Å². The number of benzene rings is 2. The smallest absolute Gasteiger partial charge is 0.127 e. The van der Waals surface area contributed by atoms with Crippen LogP contribution >= 0.6 is 0 Å². The highest BCUT2D eigenvalue weighted by Crippen LogP contribution is 2.30. The summed E-state index contributed by atoms with van der Waals surface area (Å²) in [7, 11) is 1.77. The van der Waals surface area contributed by atoms with Crippen molar-refractivity contribution in [1.29, 1.82) is 0 Å². The van der Waals surface area contributed by atoms with Crippen molar-refractivity contribution in [3.63, 3.8) is 0 Å². The van der Waals surface area contributed by atoms with Crippen molar-refractivity contribution < 1.29 is 4.74 Å². The molecule has 24 heavy (non-hydrogen) atoms. The van der Waals surface area contributed by atoms with Crippen LogP contribution in [0.2, 0.25) is 0 Å². The van der Waals surface area contributed by atoms with Crippen molar-refractivity contribution >= 4 is 6.21 Å². The van der Waals surface area contributed by atoms with Gasteiger partial charge in [0.1, 0.15) is 5.75 Å². The quantitative estimate of drug-likeness (QED) is 0.631. The first-order valence-corrected chi connectivity index (χ1v) is 8.00. The van der Waals surface area contributed by atoms with Crippen LogP contribution in [0, 0.1) is 0 Å². The van der Waals surface area contributed by atoms with Crippen LogP contribution in [0.1, 0.15) is 11.1 Å². The van der Waals surface area contributed by atoms with E-state index in [0.717, 1.165) is 28.9 Å². The Balaban J connectivity index is 1.81. The molecule has 0 atom stereocenters. The number of hydrogen-bond donors (Lipinski definition) is 0. The summed E-state index contributed by atoms with van der Waals surface area (Å²) in [6, 6.07) is 20.5. The zero-order valence-electron chi connectivity index (χ0n) is 13.7. The van der Waals surface area contributed by atoms with Gasteiger partial charge >= 0.3 is 0 Å². The summed E-state index contributed by atoms with van der Waals surface area (Å²) < 4.78 is 6.06. The second kappa shape index (κ2) is 8.06. The zero-order valence-corrected chi connectivity index (χ0v) is 13.7. The van der Waals surface area contributed by atoms with E-state index >= 15 is 0 Å². The molecule has 1 heterocycles. The Kier molecular flexibility index (Phi) is 5.36. The number of ether oxygens (including phenoxy) is 1. The molecule has 0 unspecified atom stereocenters. The lowest BCUT2D eigenvalue weighted by Crippen LogP contribution is -2.02. The zero-order chi connectivity index (χ0) is 16.6. The number of rotatable bonds is 6. The Bertz CT molecular complexity index is 799. The van der Waals surface area contributed by atoms with Gasteiger partial charge < -0.3 is 4.74 Å². The average Bonchev–Trinajstić information content (AvgIpc) is 2.64. The molecule has 0 fully saturated rings. The van der Waals surface area contributed by atoms with Crippen molar-refractivity contribution in [3.05, 3.63) is 84.2 Å². The molecule has 3 aromatic rings. The maximum absolute atomic E-state index is 6.06. The molecular formula is C21H20N2O. The molecule has 0 spiro atoms. The summed E-state index contributed by atoms with van der Waals surface area (Å²) in [6.45, 7) is 0.642. The van der Waals surface area contributed by atoms with Crippen LogP contribution in [0.15, 0.2) is 78.0 Å². The molecule has 120 valence electrons. The second-order valence-corrected chi connectivity index (χ2v) is 5.46. The van der Waals surface area contributed by atoms with Crippen LogP contribution in [0.5, 0.6) is 5.75 Å². The third-order valence-electron chi connectivity index (χ3n) is 3.76. The molecule has 0 aliphatic carbocycles. The Morgan fingerprint density at radius 1 is 1.00 bits per heavy atom. The predicted molar refractivity (Wildman–Crippen MR) is 98.8 cm³/mol. The summed E-state index contributed by atoms with van der Waals surface area (Å²) in [4.78, 5) is 8.19. The SMILES string of the molecule is CN=Cc1ccc(OCCc2ccccc2)c(-c2ccncc2)c1. The van der Waals surface area contributed by atoms with E-state index in [4.69, 9.17) is 4.74 Å². The number of aliphatic imine (C=N–C) groups is 1. The molecular weight excluding hydrogens is 296 g/mol. The van der Waals surface area contributed by atoms with Gasteiger partial charge in [0.05, 0.1) is 6.61 Å². The lowest BCUT2D eigenvalue weighted by molar-refractivity contribution is 0.323. The van der Waals surface area contributed by atoms with Crippen molar-refractivity contribution in [2.24, 2.45) is 4.99 Å². The molecule has 3 heteroatoms. The van der Waals surface area contributed by atoms with Crippen LogP contribution in [0.4, 0.5) is 0 Å². The van der Waals surface area contributed by atoms with Gasteiger partial charge in [0, 0.05) is 37.6 Å². The van der Waals surface area contributed by atoms with E-state index in [1.165, 1.54) is 5.56 Å². The molecule has 3 nitrogen and oxygen atoms in total. The molecule has 0 N–H and O–H groups in total. The Labute approximate surface area is 142 Å². The van der Waals surface area contributed by atoms with E-state index in [0.29, 0.717) is 6.61 Å². The fourth-order valence-corrected chi connectivity index (χ4v) is 2.58. The summed E-state index contributed by atoms with van der Waals surface area (Å²) in [5, 5.41) is 0. The molecule has 0 aliphatic heterocycles. The van der Waals surface area contributed by atoms with Gasteiger partial charge in [-0.25, -0.2) is 0 Å². The summed E-state index contributed by atoms with van der Waals surface area (Å²) in [5.41, 5.74) is 4.48. The van der Waals surface area contributed by atoms with Gasteiger partial charge in [-0.2, -0.15) is 0 Å². The monoisotopic (exact) mass is 316 g/mol. The van der Waals surface area contributed by atoms with Crippen LogP contribution in [-0.2, 0) is 6.42 Å². The second-order valence-electron chi connectivity index (χ2n) is 5.46. The molecule has 0 bridgehead atoms. The van der Waals surface area contributed by atoms with Gasteiger partial charge in [0.25, 0.3) is 0 Å². The highest BCUT2D eigenvalue weighted by molar-refractivity contribution is 5.84. The van der Waals surface area contributed by atoms with Crippen LogP contribution in [0.3, 0.4) is 0 Å². The van der Waals surface area contributed by atoms with Gasteiger partial charge in [-0.1, -0.05) is 30.3 Å². The molecule has 0 saturated heterocycles. The van der Waals surface area contributed by atoms with E-state index < -0.39 is 0 Å². The first kappa shape index (κ1) is 15.9. The molecule has 0 aliphatic rings. The summed E-state index contributed by atoms with van der Waals surface area (Å²) in [5.74, 6) is 0.880. The molecule has 1 aromatic heterocycles. The first-order valence-electron chi connectivity index (χ1n) is 8.00. The fourth-order valence-electron chi connectivity index (χ4n) is 2.58. The van der Waals surface area contributed by atoms with Gasteiger partial charge in [0.15, 0.2) is 0 Å². The Hall–Kier alpha value is -2.94. The third kappa shape index (κ3) is 4.07. The molecule has 0 radical (unpaired) electrons. The number of nitrogens with zero attached hydrogens (tertiary/aromatic N) is 2. The predicted octanol–water partition coefficient (Wildman–Crippen LogP) is 4.42. The van der Waals surface area contributed by atoms with E-state index in [2.05, 4.69) is 40.3 Å². The Morgan fingerprint density at radius 3 is 2.54 bits per heavy atom. The van der Waals surface area contributed by atoms with Crippen LogP contribution in [0.25, 0.3) is 11.1 Å². The lowest BCUT2D eigenvalue weighted by atomic mass is 10.0. The van der Waals surface area contributed by atoms with E-state index in [1.54, 1.807) is 19.4 Å². The number of aromatic nitrogens is 1. The number of hydrogen-bond acceptors (Lipinski definition) is 3. The highest BCUT2D eigenvalue weighted by atomic mass is 16.5. The highest BCUT2D eigenvalue weighted by Gasteiger charge is 2.07. The van der Waals surface area contributed by atoms with Crippen LogP contribution < -0.4 is 4.74 Å². The van der Waals surface area contributed by atoms with Gasteiger partial charge in [-0.3, -0.25) is 9.98 Å². The van der Waals surface area contributed by atoms with Crippen molar-refractivity contribution in [3.8, 4) is 16.9 Å². The Morgan fingerprint density at radius 2 is 1.79 bits per heavy atom. The van der Waals surface area contributed by atoms with Crippen LogP contribution in [-0.4, -0.2) is 24.9 Å². The van der Waals surface area contributed by atoms with Gasteiger partial charge in [0.2, 0.25) is 0 Å². The minimum Gasteiger partial charge on any atom is -0.493 e. The van der Waals surface area contributed by atoms with E-state index in [-0.39, 0.29) is 0 Å². The molecule has 3 rings (SSSR count). The maximum atomic E-state index is 6.06. The van der Waals surface area contributed by atoms with Crippen molar-refractivity contribution in [1.82, 2.24) is 4.98 Å². The average molecular weight is 316 g/mol. The largest absolute Gasteiger partial charge is 0.493 e. The fraction of sp³-hybridized carbons (Fsp3) is 0.143.